The molecule has 16 heavy (non-hydrogen) atoms. The maximum Gasteiger partial charge on any atom is 0.146 e. The lowest BCUT2D eigenvalue weighted by Crippen LogP contribution is -2.33. The van der Waals surface area contributed by atoms with E-state index in [1.54, 1.807) is 0 Å². The van der Waals surface area contributed by atoms with Crippen LogP contribution in [0.15, 0.2) is 0 Å². The Labute approximate surface area is 98.3 Å². The minimum Gasteiger partial charge on any atom is -0.330 e. The second kappa shape index (κ2) is 11.0. The normalized spacial score (nSPS) is 12.7. The number of Topliss-reactive ketones (excluding diaryl/α,β-unsaturated/α-hetero) is 1. The van der Waals surface area contributed by atoms with Crippen LogP contribution in [0, 0.1) is 0 Å². The molecule has 0 bridgehead atoms. The van der Waals surface area contributed by atoms with Gasteiger partial charge in [0.05, 0.1) is 6.04 Å². The van der Waals surface area contributed by atoms with E-state index in [2.05, 4.69) is 10.6 Å². The van der Waals surface area contributed by atoms with Crippen LogP contribution in [-0.2, 0) is 4.79 Å². The van der Waals surface area contributed by atoms with Gasteiger partial charge in [0.15, 0.2) is 0 Å². The smallest absolute Gasteiger partial charge is 0.146 e. The number of nitrogens with two attached hydrogens (primary N) is 2. The molecule has 0 fully saturated rings. The maximum atomic E-state index is 10.8. The molecule has 5 nitrogen and oxygen atoms in total. The van der Waals surface area contributed by atoms with Gasteiger partial charge in [0.1, 0.15) is 5.78 Å². The molecule has 0 aromatic rings. The Morgan fingerprint density at radius 2 is 1.69 bits per heavy atom. The molecule has 5 heteroatoms. The topological polar surface area (TPSA) is 93.2 Å². The molecule has 0 aromatic heterocycles. The number of nitrogens with one attached hydrogen (secondary N) is 2. The van der Waals surface area contributed by atoms with Crippen LogP contribution in [0.4, 0.5) is 0 Å². The lowest BCUT2D eigenvalue weighted by Gasteiger charge is -2.09. The molecule has 1 atom stereocenters. The zero-order chi connectivity index (χ0) is 12.2. The summed E-state index contributed by atoms with van der Waals surface area (Å²) >= 11 is 0. The van der Waals surface area contributed by atoms with Crippen LogP contribution in [0.5, 0.6) is 0 Å². The molecule has 0 saturated carbocycles. The van der Waals surface area contributed by atoms with Crippen molar-refractivity contribution in [2.24, 2.45) is 11.5 Å². The minimum absolute atomic E-state index is 0.0604. The monoisotopic (exact) mass is 230 g/mol. The molecular weight excluding hydrogens is 204 g/mol. The first-order chi connectivity index (χ1) is 7.68. The standard InChI is InChI=1S/C11H26N4O/c1-10(16)11(13)4-9-15-8-3-7-14-6-2-5-12/h11,14-15H,2-9,12-13H2,1H3. The summed E-state index contributed by atoms with van der Waals surface area (Å²) in [5.74, 6) is 0.0604. The first-order valence-corrected chi connectivity index (χ1v) is 6.06. The molecule has 0 rings (SSSR count). The van der Waals surface area contributed by atoms with E-state index in [1.165, 1.54) is 6.92 Å². The Kier molecular flexibility index (Phi) is 10.7. The Morgan fingerprint density at radius 3 is 2.25 bits per heavy atom. The fourth-order valence-corrected chi connectivity index (χ4v) is 1.28. The molecule has 0 aliphatic heterocycles. The molecule has 0 aliphatic rings. The molecule has 0 aliphatic carbocycles. The van der Waals surface area contributed by atoms with Gasteiger partial charge in [-0.05, 0) is 58.9 Å². The highest BCUT2D eigenvalue weighted by molar-refractivity contribution is 5.81. The predicted molar refractivity (Wildman–Crippen MR) is 67.3 cm³/mol. The fraction of sp³-hybridized carbons (Fsp3) is 0.909. The fourth-order valence-electron chi connectivity index (χ4n) is 1.28. The van der Waals surface area contributed by atoms with Gasteiger partial charge in [0.25, 0.3) is 0 Å². The minimum atomic E-state index is -0.310. The van der Waals surface area contributed by atoms with Gasteiger partial charge in [-0.1, -0.05) is 0 Å². The summed E-state index contributed by atoms with van der Waals surface area (Å²) in [4.78, 5) is 10.8. The molecular formula is C11H26N4O. The average Bonchev–Trinajstić information content (AvgIpc) is 2.26. The third kappa shape index (κ3) is 10.0. The first-order valence-electron chi connectivity index (χ1n) is 6.06. The third-order valence-electron chi connectivity index (χ3n) is 2.42. The zero-order valence-corrected chi connectivity index (χ0v) is 10.3. The number of hydrogen-bond acceptors (Lipinski definition) is 5. The van der Waals surface area contributed by atoms with E-state index >= 15 is 0 Å². The van der Waals surface area contributed by atoms with Gasteiger partial charge in [0, 0.05) is 0 Å². The molecule has 0 saturated heterocycles. The summed E-state index contributed by atoms with van der Waals surface area (Å²) in [6.45, 7) is 6.04. The second-order valence-electron chi connectivity index (χ2n) is 4.00. The number of rotatable bonds is 11. The van der Waals surface area contributed by atoms with Crippen molar-refractivity contribution in [1.82, 2.24) is 10.6 Å². The van der Waals surface area contributed by atoms with Crippen molar-refractivity contribution in [2.75, 3.05) is 32.7 Å². The van der Waals surface area contributed by atoms with Crippen molar-refractivity contribution in [3.05, 3.63) is 0 Å². The van der Waals surface area contributed by atoms with Crippen LogP contribution in [0.1, 0.15) is 26.2 Å². The van der Waals surface area contributed by atoms with Crippen LogP contribution >= 0.6 is 0 Å². The first kappa shape index (κ1) is 15.5. The van der Waals surface area contributed by atoms with E-state index in [0.29, 0.717) is 0 Å². The Balaban J connectivity index is 3.07. The summed E-state index contributed by atoms with van der Waals surface area (Å²) < 4.78 is 0. The summed E-state index contributed by atoms with van der Waals surface area (Å²) in [6, 6.07) is -0.310. The maximum absolute atomic E-state index is 10.8. The number of carbonyl (C=O) groups excluding carboxylic acids is 1. The largest absolute Gasteiger partial charge is 0.330 e. The van der Waals surface area contributed by atoms with Gasteiger partial charge in [-0.2, -0.15) is 0 Å². The van der Waals surface area contributed by atoms with Crippen molar-refractivity contribution in [3.8, 4) is 0 Å². The Morgan fingerprint density at radius 1 is 1.12 bits per heavy atom. The van der Waals surface area contributed by atoms with Gasteiger partial charge < -0.3 is 22.1 Å². The lowest BCUT2D eigenvalue weighted by atomic mass is 10.1. The van der Waals surface area contributed by atoms with Crippen molar-refractivity contribution in [1.29, 1.82) is 0 Å². The van der Waals surface area contributed by atoms with Crippen LogP contribution in [0.3, 0.4) is 0 Å². The van der Waals surface area contributed by atoms with E-state index < -0.39 is 0 Å². The molecule has 0 aromatic carbocycles. The van der Waals surface area contributed by atoms with Crippen LogP contribution in [-0.4, -0.2) is 44.5 Å². The van der Waals surface area contributed by atoms with Crippen molar-refractivity contribution >= 4 is 5.78 Å². The van der Waals surface area contributed by atoms with E-state index in [9.17, 15) is 4.79 Å². The van der Waals surface area contributed by atoms with E-state index in [0.717, 1.165) is 52.0 Å². The quantitative estimate of drug-likeness (QED) is 0.349. The van der Waals surface area contributed by atoms with Gasteiger partial charge in [-0.3, -0.25) is 4.79 Å². The molecule has 0 spiro atoms. The van der Waals surface area contributed by atoms with Crippen LogP contribution < -0.4 is 22.1 Å². The average molecular weight is 230 g/mol. The molecule has 0 heterocycles. The molecule has 0 radical (unpaired) electrons. The summed E-state index contributed by atoms with van der Waals surface area (Å²) in [7, 11) is 0. The van der Waals surface area contributed by atoms with Gasteiger partial charge in [-0.15, -0.1) is 0 Å². The van der Waals surface area contributed by atoms with Gasteiger partial charge >= 0.3 is 0 Å². The highest BCUT2D eigenvalue weighted by Crippen LogP contribution is 1.87. The SMILES string of the molecule is CC(=O)C(N)CCNCCCNCCCN. The van der Waals surface area contributed by atoms with Gasteiger partial charge in [-0.25, -0.2) is 0 Å². The molecule has 0 amide bonds. The highest BCUT2D eigenvalue weighted by atomic mass is 16.1. The highest BCUT2D eigenvalue weighted by Gasteiger charge is 2.05. The van der Waals surface area contributed by atoms with Crippen LogP contribution in [0.2, 0.25) is 0 Å². The van der Waals surface area contributed by atoms with E-state index in [-0.39, 0.29) is 11.8 Å². The van der Waals surface area contributed by atoms with E-state index in [4.69, 9.17) is 11.5 Å². The summed E-state index contributed by atoms with van der Waals surface area (Å²) in [5.41, 5.74) is 11.0. The van der Waals surface area contributed by atoms with Crippen LogP contribution in [0.25, 0.3) is 0 Å². The molecule has 1 unspecified atom stereocenters. The predicted octanol–water partition coefficient (Wildman–Crippen LogP) is -0.789. The second-order valence-corrected chi connectivity index (χ2v) is 4.00. The van der Waals surface area contributed by atoms with Crippen molar-refractivity contribution < 1.29 is 4.79 Å². The number of ketones is 1. The number of hydrogen-bond donors (Lipinski definition) is 4. The molecule has 96 valence electrons. The van der Waals surface area contributed by atoms with Crippen molar-refractivity contribution in [2.45, 2.75) is 32.2 Å². The zero-order valence-electron chi connectivity index (χ0n) is 10.3. The lowest BCUT2D eigenvalue weighted by molar-refractivity contribution is -0.118. The number of carbonyl (C=O) groups is 1. The van der Waals surface area contributed by atoms with Gasteiger partial charge in [0.2, 0.25) is 0 Å². The van der Waals surface area contributed by atoms with E-state index in [1.807, 2.05) is 0 Å². The van der Waals surface area contributed by atoms with Crippen molar-refractivity contribution in [3.63, 3.8) is 0 Å². The summed E-state index contributed by atoms with van der Waals surface area (Å²) in [6.07, 6.45) is 2.83. The summed E-state index contributed by atoms with van der Waals surface area (Å²) in [5, 5.41) is 6.57. The third-order valence-corrected chi connectivity index (χ3v) is 2.42. The Bertz CT molecular complexity index is 175. The Hall–Kier alpha value is -0.490. The molecule has 6 N–H and O–H groups in total.